The summed E-state index contributed by atoms with van der Waals surface area (Å²) < 4.78 is 12.4. The third-order valence-electron chi connectivity index (χ3n) is 8.50. The van der Waals surface area contributed by atoms with E-state index >= 15 is 0 Å². The van der Waals surface area contributed by atoms with Gasteiger partial charge < -0.3 is 14.6 Å². The Hall–Kier alpha value is -4.66. The Kier molecular flexibility index (Phi) is 11.3. The predicted molar refractivity (Wildman–Crippen MR) is 194 cm³/mol. The van der Waals surface area contributed by atoms with Gasteiger partial charge in [0.2, 0.25) is 5.90 Å². The van der Waals surface area contributed by atoms with Crippen LogP contribution in [0.25, 0.3) is 0 Å². The number of ether oxygens (including phenoxy) is 2. The number of nitrogens with one attached hydrogen (secondary N) is 2. The minimum Gasteiger partial charge on any atom is -0.494 e. The summed E-state index contributed by atoms with van der Waals surface area (Å²) in [4.78, 5) is 19.8. The first kappa shape index (κ1) is 34.2. The van der Waals surface area contributed by atoms with E-state index in [1.54, 1.807) is 18.2 Å². The lowest BCUT2D eigenvalue weighted by atomic mass is 9.82. The number of benzene rings is 5. The molecule has 0 aliphatic carbocycles. The molecule has 49 heavy (non-hydrogen) atoms. The van der Waals surface area contributed by atoms with Gasteiger partial charge in [-0.05, 0) is 53.1 Å². The number of hydrogen-bond acceptors (Lipinski definition) is 6. The van der Waals surface area contributed by atoms with Gasteiger partial charge in [-0.3, -0.25) is 10.2 Å². The number of rotatable bonds is 14. The van der Waals surface area contributed by atoms with Crippen molar-refractivity contribution in [3.8, 4) is 5.75 Å². The molecule has 1 aliphatic heterocycles. The first-order chi connectivity index (χ1) is 24.0. The lowest BCUT2D eigenvalue weighted by Crippen LogP contribution is -2.54. The van der Waals surface area contributed by atoms with Crippen LogP contribution >= 0.6 is 23.2 Å². The molecule has 1 heterocycles. The minimum atomic E-state index is -1.45. The van der Waals surface area contributed by atoms with Gasteiger partial charge in [0.15, 0.2) is 11.6 Å². The van der Waals surface area contributed by atoms with Crippen LogP contribution in [0.3, 0.4) is 0 Å². The highest BCUT2D eigenvalue weighted by Gasteiger charge is 2.54. The summed E-state index contributed by atoms with van der Waals surface area (Å²) in [5, 5.41) is 9.94. The van der Waals surface area contributed by atoms with Crippen LogP contribution in [0.4, 0.5) is 0 Å². The molecule has 1 aliphatic rings. The standard InChI is InChI=1S/C40H37Cl2N3O4/c41-32-19-22-34(36(42)25-32)37-40(26-28-11-4-1-5-12-28,44-38(49-37)31-17-20-33(21-18-31)48-24-10-23-46)39(47)45-43-27-35(29-13-6-2-7-14-29)30-15-8-3-9-16-30/h1-9,11-22,25,35,37,43,46H,10,23-24,26-27H2,(H,45,47)/t37-,40-/m0/s1. The number of hydrazine groups is 1. The zero-order chi connectivity index (χ0) is 34.1. The summed E-state index contributed by atoms with van der Waals surface area (Å²) in [5.41, 5.74) is 9.20. The second-order valence-corrected chi connectivity index (χ2v) is 12.7. The average molecular weight is 695 g/mol. The number of nitrogens with zero attached hydrogens (tertiary/aromatic N) is 1. The van der Waals surface area contributed by atoms with Crippen molar-refractivity contribution in [1.82, 2.24) is 10.9 Å². The molecule has 1 amide bonds. The van der Waals surface area contributed by atoms with E-state index in [9.17, 15) is 4.79 Å². The largest absolute Gasteiger partial charge is 0.494 e. The molecule has 250 valence electrons. The predicted octanol–water partition coefficient (Wildman–Crippen LogP) is 7.71. The Balaban J connectivity index is 1.36. The first-order valence-electron chi connectivity index (χ1n) is 16.2. The van der Waals surface area contributed by atoms with E-state index in [1.807, 2.05) is 91.0 Å². The van der Waals surface area contributed by atoms with Gasteiger partial charge in [0.25, 0.3) is 5.91 Å². The number of amides is 1. The second-order valence-electron chi connectivity index (χ2n) is 11.8. The summed E-state index contributed by atoms with van der Waals surface area (Å²) in [5.74, 6) is 0.560. The molecule has 0 fully saturated rings. The fraction of sp³-hybridized carbons (Fsp3) is 0.200. The summed E-state index contributed by atoms with van der Waals surface area (Å²) >= 11 is 13.1. The quantitative estimate of drug-likeness (QED) is 0.0819. The van der Waals surface area contributed by atoms with Crippen LogP contribution in [0, 0.1) is 0 Å². The Labute approximate surface area is 296 Å². The highest BCUT2D eigenvalue weighted by Crippen LogP contribution is 2.45. The number of aliphatic hydroxyl groups excluding tert-OH is 1. The third kappa shape index (κ3) is 8.15. The molecule has 0 aromatic heterocycles. The van der Waals surface area contributed by atoms with Crippen molar-refractivity contribution in [3.63, 3.8) is 0 Å². The van der Waals surface area contributed by atoms with Crippen LogP contribution in [0.1, 0.15) is 46.3 Å². The molecule has 0 saturated heterocycles. The minimum absolute atomic E-state index is 0.0220. The highest BCUT2D eigenvalue weighted by molar-refractivity contribution is 6.35. The van der Waals surface area contributed by atoms with E-state index in [-0.39, 0.29) is 24.9 Å². The van der Waals surface area contributed by atoms with E-state index in [0.29, 0.717) is 52.4 Å². The topological polar surface area (TPSA) is 92.2 Å². The van der Waals surface area contributed by atoms with Crippen LogP contribution in [0.2, 0.25) is 10.0 Å². The van der Waals surface area contributed by atoms with Crippen molar-refractivity contribution in [2.75, 3.05) is 19.8 Å². The van der Waals surface area contributed by atoms with Crippen LogP contribution in [-0.2, 0) is 16.0 Å². The smallest absolute Gasteiger partial charge is 0.266 e. The molecule has 0 saturated carbocycles. The Morgan fingerprint density at radius 3 is 2.10 bits per heavy atom. The molecule has 7 nitrogen and oxygen atoms in total. The van der Waals surface area contributed by atoms with Crippen LogP contribution in [0.15, 0.2) is 138 Å². The number of aliphatic hydroxyl groups is 1. The zero-order valence-corrected chi connectivity index (χ0v) is 28.3. The molecule has 9 heteroatoms. The number of carbonyl (C=O) groups excluding carboxylic acids is 1. The van der Waals surface area contributed by atoms with Gasteiger partial charge in [-0.2, -0.15) is 0 Å². The molecule has 3 N–H and O–H groups in total. The van der Waals surface area contributed by atoms with Gasteiger partial charge >= 0.3 is 0 Å². The second kappa shape index (κ2) is 16.2. The van der Waals surface area contributed by atoms with E-state index in [2.05, 4.69) is 35.1 Å². The molecule has 6 rings (SSSR count). The summed E-state index contributed by atoms with van der Waals surface area (Å²) in [6.45, 7) is 0.882. The van der Waals surface area contributed by atoms with Crippen molar-refractivity contribution in [2.45, 2.75) is 30.4 Å². The van der Waals surface area contributed by atoms with Gasteiger partial charge in [0.05, 0.1) is 6.61 Å². The molecule has 5 aromatic rings. The van der Waals surface area contributed by atoms with Crippen molar-refractivity contribution < 1.29 is 19.4 Å². The van der Waals surface area contributed by atoms with Crippen LogP contribution in [0.5, 0.6) is 5.75 Å². The van der Waals surface area contributed by atoms with Crippen molar-refractivity contribution in [1.29, 1.82) is 0 Å². The first-order valence-corrected chi connectivity index (χ1v) is 16.9. The Bertz CT molecular complexity index is 1820. The van der Waals surface area contributed by atoms with Crippen molar-refractivity contribution >= 4 is 35.0 Å². The number of hydrogen-bond donors (Lipinski definition) is 3. The summed E-state index contributed by atoms with van der Waals surface area (Å²) in [7, 11) is 0. The fourth-order valence-electron chi connectivity index (χ4n) is 6.02. The normalized spacial score (nSPS) is 17.0. The molecule has 0 bridgehead atoms. The molecular formula is C40H37Cl2N3O4. The Morgan fingerprint density at radius 2 is 1.49 bits per heavy atom. The highest BCUT2D eigenvalue weighted by atomic mass is 35.5. The van der Waals surface area contributed by atoms with Crippen molar-refractivity contribution in [3.05, 3.63) is 171 Å². The lowest BCUT2D eigenvalue weighted by Gasteiger charge is -2.31. The SMILES string of the molecule is O=C(NNCC(c1ccccc1)c1ccccc1)[C@@]1(Cc2ccccc2)N=C(c2ccc(OCCCO)cc2)O[C@H]1c1ccc(Cl)cc1Cl. The summed E-state index contributed by atoms with van der Waals surface area (Å²) in [6, 6.07) is 42.6. The summed E-state index contributed by atoms with van der Waals surface area (Å²) in [6.07, 6.45) is -0.116. The van der Waals surface area contributed by atoms with Gasteiger partial charge in [0.1, 0.15) is 5.75 Å². The molecule has 0 unspecified atom stereocenters. The van der Waals surface area contributed by atoms with Crippen molar-refractivity contribution in [2.24, 2.45) is 4.99 Å². The molecular weight excluding hydrogens is 657 g/mol. The average Bonchev–Trinajstić information content (AvgIpc) is 3.51. The maximum absolute atomic E-state index is 14.7. The number of carbonyl (C=O) groups is 1. The third-order valence-corrected chi connectivity index (χ3v) is 9.07. The lowest BCUT2D eigenvalue weighted by molar-refractivity contribution is -0.130. The monoisotopic (exact) mass is 693 g/mol. The zero-order valence-electron chi connectivity index (χ0n) is 26.8. The van der Waals surface area contributed by atoms with E-state index < -0.39 is 11.6 Å². The van der Waals surface area contributed by atoms with Crippen LogP contribution < -0.4 is 15.6 Å². The maximum atomic E-state index is 14.7. The fourth-order valence-corrected chi connectivity index (χ4v) is 6.53. The molecule has 0 spiro atoms. The van der Waals surface area contributed by atoms with Gasteiger partial charge in [0, 0.05) is 53.1 Å². The molecule has 2 atom stereocenters. The van der Waals surface area contributed by atoms with E-state index in [0.717, 1.165) is 16.7 Å². The molecule has 0 radical (unpaired) electrons. The Morgan fingerprint density at radius 1 is 0.857 bits per heavy atom. The van der Waals surface area contributed by atoms with Gasteiger partial charge in [-0.1, -0.05) is 120 Å². The number of aliphatic imine (C=N–C) groups is 1. The van der Waals surface area contributed by atoms with Gasteiger partial charge in [-0.25, -0.2) is 10.4 Å². The van der Waals surface area contributed by atoms with Gasteiger partial charge in [-0.15, -0.1) is 0 Å². The molecule has 5 aromatic carbocycles. The van der Waals surface area contributed by atoms with Crippen LogP contribution in [-0.4, -0.2) is 42.2 Å². The van der Waals surface area contributed by atoms with E-state index in [4.69, 9.17) is 42.8 Å². The maximum Gasteiger partial charge on any atom is 0.266 e. The number of halogens is 2. The van der Waals surface area contributed by atoms with E-state index in [1.165, 1.54) is 0 Å².